The van der Waals surface area contributed by atoms with Gasteiger partial charge in [-0.25, -0.2) is 14.8 Å². The van der Waals surface area contributed by atoms with Crippen molar-refractivity contribution < 1.29 is 14.6 Å². The van der Waals surface area contributed by atoms with Gasteiger partial charge in [-0.05, 0) is 44.2 Å². The number of aliphatic hydroxyl groups is 1. The summed E-state index contributed by atoms with van der Waals surface area (Å²) in [6.45, 7) is 4.73. The minimum Gasteiger partial charge on any atom is -0.510 e. The molecule has 9 heteroatoms. The number of para-hydroxylation sites is 2. The Morgan fingerprint density at radius 2 is 2.03 bits per heavy atom. The van der Waals surface area contributed by atoms with E-state index >= 15 is 0 Å². The number of hydrogen-bond donors (Lipinski definition) is 2. The Hall–Kier alpha value is -3.77. The van der Waals surface area contributed by atoms with Gasteiger partial charge in [0.25, 0.3) is 0 Å². The van der Waals surface area contributed by atoms with Crippen LogP contribution in [0.25, 0.3) is 27.6 Å². The van der Waals surface area contributed by atoms with Crippen LogP contribution in [-0.4, -0.2) is 43.0 Å². The smallest absolute Gasteiger partial charge is 0.338 e. The largest absolute Gasteiger partial charge is 0.510 e. The molecule has 0 radical (unpaired) electrons. The molecular formula is C23H21N5O3S. The first-order valence-electron chi connectivity index (χ1n) is 10.1. The first-order valence-corrected chi connectivity index (χ1v) is 11.1. The number of nitriles is 1. The fourth-order valence-electron chi connectivity index (χ4n) is 3.40. The van der Waals surface area contributed by atoms with E-state index in [0.717, 1.165) is 16.6 Å². The zero-order chi connectivity index (χ0) is 22.7. The van der Waals surface area contributed by atoms with Gasteiger partial charge in [-0.2, -0.15) is 5.26 Å². The van der Waals surface area contributed by atoms with Crippen molar-refractivity contribution in [2.45, 2.75) is 25.5 Å². The summed E-state index contributed by atoms with van der Waals surface area (Å²) in [7, 11) is 0. The molecule has 8 nitrogen and oxygen atoms in total. The number of fused-ring (bicyclic) bond motifs is 2. The summed E-state index contributed by atoms with van der Waals surface area (Å²) < 4.78 is 7.06. The van der Waals surface area contributed by atoms with E-state index < -0.39 is 0 Å². The Morgan fingerprint density at radius 1 is 1.22 bits per heavy atom. The van der Waals surface area contributed by atoms with Crippen molar-refractivity contribution in [1.82, 2.24) is 19.5 Å². The van der Waals surface area contributed by atoms with Crippen molar-refractivity contribution >= 4 is 45.4 Å². The number of aryl methyl sites for hydroxylation is 1. The highest BCUT2D eigenvalue weighted by atomic mass is 32.2. The highest BCUT2D eigenvalue weighted by Gasteiger charge is 2.17. The predicted octanol–water partition coefficient (Wildman–Crippen LogP) is 4.69. The molecular weight excluding hydrogens is 426 g/mol. The molecule has 2 aromatic heterocycles. The van der Waals surface area contributed by atoms with Crippen molar-refractivity contribution in [2.75, 3.05) is 12.4 Å². The zero-order valence-electron chi connectivity index (χ0n) is 17.6. The van der Waals surface area contributed by atoms with Crippen molar-refractivity contribution in [3.63, 3.8) is 0 Å². The fourth-order valence-corrected chi connectivity index (χ4v) is 4.35. The van der Waals surface area contributed by atoms with E-state index in [1.807, 2.05) is 47.9 Å². The van der Waals surface area contributed by atoms with Crippen LogP contribution in [0.4, 0.5) is 0 Å². The molecule has 162 valence electrons. The first kappa shape index (κ1) is 21.5. The number of H-pyrrole nitrogens is 1. The highest BCUT2D eigenvalue weighted by molar-refractivity contribution is 7.99. The van der Waals surface area contributed by atoms with Crippen molar-refractivity contribution in [3.05, 3.63) is 59.6 Å². The number of ether oxygens (including phenoxy) is 1. The Balaban J connectivity index is 1.62. The van der Waals surface area contributed by atoms with Crippen LogP contribution >= 0.6 is 11.8 Å². The maximum Gasteiger partial charge on any atom is 0.338 e. The minimum absolute atomic E-state index is 0.0847. The Labute approximate surface area is 188 Å². The number of thioether (sulfide) groups is 1. The summed E-state index contributed by atoms with van der Waals surface area (Å²) in [6, 6.07) is 14.7. The van der Waals surface area contributed by atoms with Gasteiger partial charge in [0.15, 0.2) is 11.0 Å². The van der Waals surface area contributed by atoms with Gasteiger partial charge < -0.3 is 19.4 Å². The number of nitrogens with zero attached hydrogens (tertiary/aromatic N) is 4. The summed E-state index contributed by atoms with van der Waals surface area (Å²) in [5.74, 6) is 0.00152. The molecule has 0 unspecified atom stereocenters. The van der Waals surface area contributed by atoms with Gasteiger partial charge in [0.2, 0.25) is 0 Å². The second kappa shape index (κ2) is 9.16. The van der Waals surface area contributed by atoms with Gasteiger partial charge in [-0.15, -0.1) is 0 Å². The van der Waals surface area contributed by atoms with Crippen LogP contribution in [0.15, 0.2) is 53.4 Å². The third-order valence-electron chi connectivity index (χ3n) is 4.91. The summed E-state index contributed by atoms with van der Waals surface area (Å²) >= 11 is 1.31. The van der Waals surface area contributed by atoms with Crippen molar-refractivity contribution in [2.24, 2.45) is 0 Å². The number of rotatable bonds is 7. The number of carbonyl (C=O) groups excluding carboxylic acids is 1. The van der Waals surface area contributed by atoms with E-state index in [4.69, 9.17) is 4.74 Å². The number of carbonyl (C=O) groups is 1. The molecule has 0 bridgehead atoms. The van der Waals surface area contributed by atoms with E-state index in [0.29, 0.717) is 35.2 Å². The monoisotopic (exact) mass is 447 g/mol. The normalized spacial score (nSPS) is 12.0. The van der Waals surface area contributed by atoms with Gasteiger partial charge in [0.05, 0.1) is 40.0 Å². The lowest BCUT2D eigenvalue weighted by Crippen LogP contribution is -2.04. The number of esters is 1. The number of allylic oxidation sites excluding steroid dienone is 1. The molecule has 0 saturated heterocycles. The van der Waals surface area contributed by atoms with Crippen molar-refractivity contribution in [3.8, 4) is 6.07 Å². The number of imidazole rings is 2. The SMILES string of the molecule is CCOC(=O)c1ccc2c(c1)nc(SC/C(O)=C(\C#N)c1nc3ccccc3[nH]1)n2CC. The molecule has 0 spiro atoms. The highest BCUT2D eigenvalue weighted by Crippen LogP contribution is 2.28. The molecule has 0 aliphatic carbocycles. The van der Waals surface area contributed by atoms with Gasteiger partial charge in [-0.1, -0.05) is 23.9 Å². The van der Waals surface area contributed by atoms with Gasteiger partial charge in [0.1, 0.15) is 17.4 Å². The molecule has 0 aliphatic rings. The van der Waals surface area contributed by atoms with E-state index in [-0.39, 0.29) is 23.1 Å². The molecule has 0 atom stereocenters. The molecule has 2 heterocycles. The lowest BCUT2D eigenvalue weighted by atomic mass is 10.2. The quantitative estimate of drug-likeness (QED) is 0.183. The lowest BCUT2D eigenvalue weighted by Gasteiger charge is -2.06. The second-order valence-corrected chi connectivity index (χ2v) is 7.83. The number of aliphatic hydroxyl groups excluding tert-OH is 1. The molecule has 2 N–H and O–H groups in total. The molecule has 32 heavy (non-hydrogen) atoms. The Morgan fingerprint density at radius 3 is 2.75 bits per heavy atom. The Kier molecular flexibility index (Phi) is 6.14. The molecule has 4 rings (SSSR count). The summed E-state index contributed by atoms with van der Waals surface area (Å²) in [6.07, 6.45) is 0. The van der Waals surface area contributed by atoms with Crippen LogP contribution in [0.2, 0.25) is 0 Å². The van der Waals surface area contributed by atoms with E-state index in [9.17, 15) is 15.2 Å². The standard InChI is InChI=1S/C23H21N5O3S/c1-3-28-19-10-9-14(22(30)31-4-2)11-18(19)27-23(28)32-13-20(29)15(12-24)21-25-16-7-5-6-8-17(16)26-21/h5-11,29H,3-4,13H2,1-2H3,(H,25,26)/b20-15-. The number of benzene rings is 2. The summed E-state index contributed by atoms with van der Waals surface area (Å²) in [5.41, 5.74) is 3.60. The number of aromatic amines is 1. The van der Waals surface area contributed by atoms with Crippen LogP contribution in [0.3, 0.4) is 0 Å². The molecule has 0 saturated carbocycles. The summed E-state index contributed by atoms with van der Waals surface area (Å²) in [4.78, 5) is 24.1. The van der Waals surface area contributed by atoms with Crippen LogP contribution < -0.4 is 0 Å². The third-order valence-corrected chi connectivity index (χ3v) is 5.89. The molecule has 0 amide bonds. The maximum atomic E-state index is 12.0. The van der Waals surface area contributed by atoms with Gasteiger partial charge in [0, 0.05) is 6.54 Å². The predicted molar refractivity (Wildman–Crippen MR) is 123 cm³/mol. The minimum atomic E-state index is -0.389. The zero-order valence-corrected chi connectivity index (χ0v) is 18.4. The van der Waals surface area contributed by atoms with Gasteiger partial charge in [-0.3, -0.25) is 0 Å². The van der Waals surface area contributed by atoms with Crippen LogP contribution in [0.5, 0.6) is 0 Å². The van der Waals surface area contributed by atoms with Crippen LogP contribution in [-0.2, 0) is 11.3 Å². The van der Waals surface area contributed by atoms with Crippen LogP contribution in [0.1, 0.15) is 30.0 Å². The van der Waals surface area contributed by atoms with Gasteiger partial charge >= 0.3 is 5.97 Å². The molecule has 4 aromatic rings. The van der Waals surface area contributed by atoms with E-state index in [2.05, 4.69) is 15.0 Å². The average molecular weight is 448 g/mol. The van der Waals surface area contributed by atoms with E-state index in [1.165, 1.54) is 11.8 Å². The maximum absolute atomic E-state index is 12.0. The average Bonchev–Trinajstić information content (AvgIpc) is 3.38. The molecule has 0 aliphatic heterocycles. The number of aromatic nitrogens is 4. The second-order valence-electron chi connectivity index (χ2n) is 6.89. The Bertz CT molecular complexity index is 1350. The number of hydrogen-bond acceptors (Lipinski definition) is 7. The molecule has 0 fully saturated rings. The topological polar surface area (TPSA) is 117 Å². The fraction of sp³-hybridized carbons (Fsp3) is 0.217. The summed E-state index contributed by atoms with van der Waals surface area (Å²) in [5, 5.41) is 20.9. The third kappa shape index (κ3) is 4.05. The first-order chi connectivity index (χ1) is 15.5. The van der Waals surface area contributed by atoms with Crippen LogP contribution in [0, 0.1) is 11.3 Å². The number of nitrogens with one attached hydrogen (secondary N) is 1. The molecule has 2 aromatic carbocycles. The van der Waals surface area contributed by atoms with E-state index in [1.54, 1.807) is 19.1 Å². The van der Waals surface area contributed by atoms with Crippen molar-refractivity contribution in [1.29, 1.82) is 5.26 Å². The lowest BCUT2D eigenvalue weighted by molar-refractivity contribution is 0.0526.